The molecule has 0 aliphatic carbocycles. The maximum Gasteiger partial charge on any atom is 0.242 e. The van der Waals surface area contributed by atoms with Gasteiger partial charge in [-0.2, -0.15) is 4.72 Å². The van der Waals surface area contributed by atoms with Crippen molar-refractivity contribution in [3.8, 4) is 0 Å². The molecule has 8 heteroatoms. The fourth-order valence-corrected chi connectivity index (χ4v) is 4.39. The van der Waals surface area contributed by atoms with Gasteiger partial charge in [0.15, 0.2) is 0 Å². The molecule has 0 bridgehead atoms. The van der Waals surface area contributed by atoms with Crippen LogP contribution in [-0.2, 0) is 21.2 Å². The number of hydrogen-bond donors (Lipinski definition) is 2. The number of sulfonamides is 1. The minimum absolute atomic E-state index is 0.0358. The zero-order valence-electron chi connectivity index (χ0n) is 15.2. The minimum Gasteiger partial charge on any atom is -0.324 e. The second-order valence-corrected chi connectivity index (χ2v) is 9.29. The fourth-order valence-electron chi connectivity index (χ4n) is 2.69. The Morgan fingerprint density at radius 2 is 1.55 bits per heavy atom. The van der Waals surface area contributed by atoms with Crippen molar-refractivity contribution < 1.29 is 13.2 Å². The molecule has 150 valence electrons. The van der Waals surface area contributed by atoms with Crippen molar-refractivity contribution in [3.05, 3.63) is 93.9 Å². The van der Waals surface area contributed by atoms with Gasteiger partial charge in [-0.25, -0.2) is 8.42 Å². The van der Waals surface area contributed by atoms with E-state index in [0.29, 0.717) is 15.2 Å². The van der Waals surface area contributed by atoms with E-state index >= 15 is 0 Å². The Morgan fingerprint density at radius 3 is 2.21 bits per heavy atom. The summed E-state index contributed by atoms with van der Waals surface area (Å²) in [5, 5.41) is 3.21. The maximum atomic E-state index is 13.0. The van der Waals surface area contributed by atoms with Crippen LogP contribution in [0, 0.1) is 0 Å². The second kappa shape index (κ2) is 9.54. The number of para-hydroxylation sites is 1. The van der Waals surface area contributed by atoms with Gasteiger partial charge in [0.1, 0.15) is 6.04 Å². The molecule has 29 heavy (non-hydrogen) atoms. The highest BCUT2D eigenvalue weighted by Crippen LogP contribution is 2.22. The lowest BCUT2D eigenvalue weighted by Gasteiger charge is -2.19. The van der Waals surface area contributed by atoms with Gasteiger partial charge < -0.3 is 5.32 Å². The molecule has 3 rings (SSSR count). The first-order chi connectivity index (χ1) is 13.8. The van der Waals surface area contributed by atoms with Crippen molar-refractivity contribution in [1.29, 1.82) is 0 Å². The van der Waals surface area contributed by atoms with Crippen molar-refractivity contribution in [2.24, 2.45) is 0 Å². The third-order valence-electron chi connectivity index (χ3n) is 4.15. The molecule has 1 amide bonds. The van der Waals surface area contributed by atoms with Crippen molar-refractivity contribution >= 4 is 49.1 Å². The van der Waals surface area contributed by atoms with E-state index in [9.17, 15) is 13.2 Å². The SMILES string of the molecule is O=C(Nc1ccccc1Br)[C@@H](Cc1ccccc1)NS(=O)(=O)c1ccc(Cl)cc1. The highest BCUT2D eigenvalue weighted by Gasteiger charge is 2.26. The Kier molecular flexibility index (Phi) is 7.08. The van der Waals surface area contributed by atoms with Gasteiger partial charge in [-0.3, -0.25) is 4.79 Å². The summed E-state index contributed by atoms with van der Waals surface area (Å²) in [6.07, 6.45) is 0.198. The van der Waals surface area contributed by atoms with Crippen LogP contribution >= 0.6 is 27.5 Å². The van der Waals surface area contributed by atoms with E-state index in [4.69, 9.17) is 11.6 Å². The minimum atomic E-state index is -3.92. The largest absolute Gasteiger partial charge is 0.324 e. The van der Waals surface area contributed by atoms with Crippen LogP contribution in [0.15, 0.2) is 88.2 Å². The molecule has 1 atom stereocenters. The number of carbonyl (C=O) groups excluding carboxylic acids is 1. The molecule has 0 aliphatic heterocycles. The molecule has 0 aliphatic rings. The molecule has 0 saturated heterocycles. The highest BCUT2D eigenvalue weighted by molar-refractivity contribution is 9.10. The third kappa shape index (κ3) is 5.90. The van der Waals surface area contributed by atoms with Gasteiger partial charge >= 0.3 is 0 Å². The van der Waals surface area contributed by atoms with Gasteiger partial charge in [-0.05, 0) is 64.3 Å². The smallest absolute Gasteiger partial charge is 0.242 e. The molecule has 3 aromatic rings. The normalized spacial score (nSPS) is 12.3. The first kappa shape index (κ1) is 21.5. The van der Waals surface area contributed by atoms with Crippen LogP contribution in [0.4, 0.5) is 5.69 Å². The summed E-state index contributed by atoms with van der Waals surface area (Å²) in [6, 6.07) is 21.1. The molecule has 0 radical (unpaired) electrons. The predicted molar refractivity (Wildman–Crippen MR) is 118 cm³/mol. The number of carbonyl (C=O) groups is 1. The topological polar surface area (TPSA) is 75.3 Å². The molecule has 5 nitrogen and oxygen atoms in total. The second-order valence-electron chi connectivity index (χ2n) is 6.29. The van der Waals surface area contributed by atoms with Crippen LogP contribution in [-0.4, -0.2) is 20.4 Å². The van der Waals surface area contributed by atoms with Crippen LogP contribution in [0.25, 0.3) is 0 Å². The zero-order valence-corrected chi connectivity index (χ0v) is 18.3. The lowest BCUT2D eigenvalue weighted by atomic mass is 10.1. The first-order valence-electron chi connectivity index (χ1n) is 8.72. The molecule has 2 N–H and O–H groups in total. The van der Waals surface area contributed by atoms with Crippen molar-refractivity contribution in [2.45, 2.75) is 17.4 Å². The van der Waals surface area contributed by atoms with E-state index in [0.717, 1.165) is 5.56 Å². The Balaban J connectivity index is 1.87. The van der Waals surface area contributed by atoms with Gasteiger partial charge in [0.25, 0.3) is 0 Å². The van der Waals surface area contributed by atoms with E-state index in [1.54, 1.807) is 18.2 Å². The summed E-state index contributed by atoms with van der Waals surface area (Å²) >= 11 is 9.23. The van der Waals surface area contributed by atoms with E-state index in [2.05, 4.69) is 26.0 Å². The van der Waals surface area contributed by atoms with Gasteiger partial charge in [0, 0.05) is 9.50 Å². The predicted octanol–water partition coefficient (Wildman–Crippen LogP) is 4.63. The Bertz CT molecular complexity index is 1090. The Labute approximate surface area is 183 Å². The third-order valence-corrected chi connectivity index (χ3v) is 6.58. The maximum absolute atomic E-state index is 13.0. The van der Waals surface area contributed by atoms with Crippen molar-refractivity contribution in [2.75, 3.05) is 5.32 Å². The van der Waals surface area contributed by atoms with Crippen LogP contribution in [0.1, 0.15) is 5.56 Å². The summed E-state index contributed by atoms with van der Waals surface area (Å²) in [7, 11) is -3.92. The van der Waals surface area contributed by atoms with Crippen LogP contribution < -0.4 is 10.0 Å². The van der Waals surface area contributed by atoms with E-state index in [-0.39, 0.29) is 11.3 Å². The average Bonchev–Trinajstić information content (AvgIpc) is 2.70. The first-order valence-corrected chi connectivity index (χ1v) is 11.4. The lowest BCUT2D eigenvalue weighted by Crippen LogP contribution is -2.45. The number of rotatable bonds is 7. The summed E-state index contributed by atoms with van der Waals surface area (Å²) < 4.78 is 28.9. The van der Waals surface area contributed by atoms with E-state index in [1.165, 1.54) is 24.3 Å². The standard InChI is InChI=1S/C21H18BrClN2O3S/c22-18-8-4-5-9-19(18)24-21(26)20(14-15-6-2-1-3-7-15)25-29(27,28)17-12-10-16(23)11-13-17/h1-13,20,25H,14H2,(H,24,26)/t20-/m1/s1. The Hall–Kier alpha value is -2.19. The number of anilines is 1. The molecule has 0 fully saturated rings. The molecular weight excluding hydrogens is 476 g/mol. The average molecular weight is 494 g/mol. The monoisotopic (exact) mass is 492 g/mol. The highest BCUT2D eigenvalue weighted by atomic mass is 79.9. The van der Waals surface area contributed by atoms with Crippen molar-refractivity contribution in [1.82, 2.24) is 4.72 Å². The summed E-state index contributed by atoms with van der Waals surface area (Å²) in [6.45, 7) is 0. The summed E-state index contributed by atoms with van der Waals surface area (Å²) in [5.41, 5.74) is 1.39. The van der Waals surface area contributed by atoms with E-state index < -0.39 is 22.0 Å². The lowest BCUT2D eigenvalue weighted by molar-refractivity contribution is -0.117. The van der Waals surface area contributed by atoms with Gasteiger partial charge in [-0.1, -0.05) is 54.1 Å². The van der Waals surface area contributed by atoms with Gasteiger partial charge in [0.05, 0.1) is 10.6 Å². The molecular formula is C21H18BrClN2O3S. The Morgan fingerprint density at radius 1 is 0.931 bits per heavy atom. The number of benzene rings is 3. The molecule has 0 saturated carbocycles. The molecule has 3 aromatic carbocycles. The summed E-state index contributed by atoms with van der Waals surface area (Å²) in [4.78, 5) is 13.0. The summed E-state index contributed by atoms with van der Waals surface area (Å²) in [5.74, 6) is -0.460. The fraction of sp³-hybridized carbons (Fsp3) is 0.0952. The van der Waals surface area contributed by atoms with Crippen molar-refractivity contribution in [3.63, 3.8) is 0 Å². The van der Waals surface area contributed by atoms with Crippen LogP contribution in [0.3, 0.4) is 0 Å². The molecule has 0 aromatic heterocycles. The molecule has 0 heterocycles. The molecule has 0 unspecified atom stereocenters. The van der Waals surface area contributed by atoms with Gasteiger partial charge in [-0.15, -0.1) is 0 Å². The number of hydrogen-bond acceptors (Lipinski definition) is 3. The number of halogens is 2. The van der Waals surface area contributed by atoms with Crippen LogP contribution in [0.2, 0.25) is 5.02 Å². The van der Waals surface area contributed by atoms with Gasteiger partial charge in [0.2, 0.25) is 15.9 Å². The number of amides is 1. The molecule has 0 spiro atoms. The number of nitrogens with one attached hydrogen (secondary N) is 2. The van der Waals surface area contributed by atoms with E-state index in [1.807, 2.05) is 36.4 Å². The zero-order chi connectivity index (χ0) is 20.9. The van der Waals surface area contributed by atoms with Crippen LogP contribution in [0.5, 0.6) is 0 Å². The quantitative estimate of drug-likeness (QED) is 0.504.